The number of sulfonamides is 1. The number of halogens is 5. The summed E-state index contributed by atoms with van der Waals surface area (Å²) in [5.74, 6) is -2.08. The fraction of sp³-hybridized carbons (Fsp3) is 0.105. The molecule has 3 rings (SSSR count). The average Bonchev–Trinajstić information content (AvgIpc) is 3.21. The van der Waals surface area contributed by atoms with Gasteiger partial charge in [-0.15, -0.1) is 0 Å². The molecule has 2 aromatic carbocycles. The van der Waals surface area contributed by atoms with Crippen LogP contribution in [0.4, 0.5) is 23.2 Å². The Bertz CT molecular complexity index is 1210. The second-order valence-corrected chi connectivity index (χ2v) is 8.39. The fourth-order valence-corrected chi connectivity index (χ4v) is 3.75. The Labute approximate surface area is 178 Å². The van der Waals surface area contributed by atoms with E-state index in [-0.39, 0.29) is 11.6 Å². The molecule has 0 aliphatic carbocycles. The highest BCUT2D eigenvalue weighted by Gasteiger charge is 2.34. The van der Waals surface area contributed by atoms with Crippen molar-refractivity contribution in [2.75, 3.05) is 5.32 Å². The van der Waals surface area contributed by atoms with Crippen LogP contribution in [0.25, 0.3) is 0 Å². The SMILES string of the molecule is O=C(Nc1ccc(Cl)cc1C(F)(F)F)c1cc(S(=O)(=O)NCc2ccco2)ccc1F. The molecular weight excluding hydrogens is 464 g/mol. The summed E-state index contributed by atoms with van der Waals surface area (Å²) in [7, 11) is -4.17. The molecule has 0 radical (unpaired) electrons. The van der Waals surface area contributed by atoms with Gasteiger partial charge >= 0.3 is 6.18 Å². The summed E-state index contributed by atoms with van der Waals surface area (Å²) in [5.41, 5.74) is -2.66. The minimum atomic E-state index is -4.84. The molecule has 0 aliphatic heterocycles. The van der Waals surface area contributed by atoms with E-state index in [1.807, 2.05) is 5.32 Å². The van der Waals surface area contributed by atoms with E-state index in [1.165, 1.54) is 12.3 Å². The first-order valence-corrected chi connectivity index (χ1v) is 10.3. The number of rotatable bonds is 6. The Morgan fingerprint density at radius 2 is 1.84 bits per heavy atom. The molecule has 3 aromatic rings. The molecule has 164 valence electrons. The molecule has 0 fully saturated rings. The van der Waals surface area contributed by atoms with Crippen LogP contribution >= 0.6 is 11.6 Å². The lowest BCUT2D eigenvalue weighted by Crippen LogP contribution is -2.24. The zero-order valence-electron chi connectivity index (χ0n) is 15.3. The van der Waals surface area contributed by atoms with Crippen LogP contribution in [0.15, 0.2) is 64.1 Å². The lowest BCUT2D eigenvalue weighted by molar-refractivity contribution is -0.136. The number of alkyl halides is 3. The van der Waals surface area contributed by atoms with Gasteiger partial charge in [-0.2, -0.15) is 13.2 Å². The lowest BCUT2D eigenvalue weighted by atomic mass is 10.1. The van der Waals surface area contributed by atoms with Gasteiger partial charge in [0.1, 0.15) is 11.6 Å². The number of anilines is 1. The van der Waals surface area contributed by atoms with Crippen LogP contribution in [-0.4, -0.2) is 14.3 Å². The van der Waals surface area contributed by atoms with Gasteiger partial charge in [0, 0.05) is 5.02 Å². The highest BCUT2D eigenvalue weighted by molar-refractivity contribution is 7.89. The normalized spacial score (nSPS) is 12.0. The summed E-state index contributed by atoms with van der Waals surface area (Å²) >= 11 is 5.59. The second kappa shape index (κ2) is 8.69. The predicted molar refractivity (Wildman–Crippen MR) is 104 cm³/mol. The van der Waals surface area contributed by atoms with Gasteiger partial charge in [-0.1, -0.05) is 11.6 Å². The Morgan fingerprint density at radius 1 is 1.10 bits per heavy atom. The third-order valence-electron chi connectivity index (χ3n) is 4.04. The smallest absolute Gasteiger partial charge is 0.418 e. The van der Waals surface area contributed by atoms with E-state index in [0.29, 0.717) is 11.8 Å². The number of carbonyl (C=O) groups excluding carboxylic acids is 1. The molecule has 1 heterocycles. The Morgan fingerprint density at radius 3 is 2.48 bits per heavy atom. The van der Waals surface area contributed by atoms with Crippen LogP contribution in [0.3, 0.4) is 0 Å². The van der Waals surface area contributed by atoms with Crippen molar-refractivity contribution in [3.8, 4) is 0 Å². The molecule has 0 atom stereocenters. The Hall–Kier alpha value is -2.89. The molecule has 1 aromatic heterocycles. The van der Waals surface area contributed by atoms with Crippen molar-refractivity contribution in [1.29, 1.82) is 0 Å². The largest absolute Gasteiger partial charge is 0.468 e. The fourth-order valence-electron chi connectivity index (χ4n) is 2.56. The quantitative estimate of drug-likeness (QED) is 0.499. The number of carbonyl (C=O) groups is 1. The van der Waals surface area contributed by atoms with Crippen LogP contribution in [0.1, 0.15) is 21.7 Å². The standard InChI is InChI=1S/C19H13ClF4N2O4S/c20-11-3-6-17(15(8-11)19(22,23)24)26-18(27)14-9-13(4-5-16(14)21)31(28,29)25-10-12-2-1-7-30-12/h1-9,25H,10H2,(H,26,27). The van der Waals surface area contributed by atoms with Crippen LogP contribution in [0.2, 0.25) is 5.02 Å². The van der Waals surface area contributed by atoms with E-state index in [1.54, 1.807) is 6.07 Å². The molecule has 0 aliphatic rings. The molecule has 0 bridgehead atoms. The second-order valence-electron chi connectivity index (χ2n) is 6.19. The zero-order chi connectivity index (χ0) is 22.8. The first-order valence-electron chi connectivity index (χ1n) is 8.47. The van der Waals surface area contributed by atoms with Gasteiger partial charge in [-0.25, -0.2) is 17.5 Å². The number of amides is 1. The van der Waals surface area contributed by atoms with E-state index < -0.39 is 49.6 Å². The predicted octanol–water partition coefficient (Wildman–Crippen LogP) is 4.82. The highest BCUT2D eigenvalue weighted by atomic mass is 35.5. The molecular formula is C19H13ClF4N2O4S. The number of hydrogen-bond donors (Lipinski definition) is 2. The van der Waals surface area contributed by atoms with Crippen molar-refractivity contribution in [2.45, 2.75) is 17.6 Å². The average molecular weight is 477 g/mol. The van der Waals surface area contributed by atoms with Crippen molar-refractivity contribution in [3.63, 3.8) is 0 Å². The van der Waals surface area contributed by atoms with Gasteiger partial charge in [0.25, 0.3) is 5.91 Å². The van der Waals surface area contributed by atoms with Gasteiger partial charge in [0.05, 0.1) is 34.5 Å². The van der Waals surface area contributed by atoms with E-state index >= 15 is 0 Å². The number of benzene rings is 2. The van der Waals surface area contributed by atoms with E-state index in [9.17, 15) is 30.8 Å². The summed E-state index contributed by atoms with van der Waals surface area (Å²) < 4.78 is 85.9. The van der Waals surface area contributed by atoms with Gasteiger partial charge in [-0.3, -0.25) is 4.79 Å². The highest BCUT2D eigenvalue weighted by Crippen LogP contribution is 2.36. The molecule has 31 heavy (non-hydrogen) atoms. The van der Waals surface area contributed by atoms with Crippen molar-refractivity contribution in [2.24, 2.45) is 0 Å². The van der Waals surface area contributed by atoms with Crippen LogP contribution in [0.5, 0.6) is 0 Å². The van der Waals surface area contributed by atoms with Crippen LogP contribution in [0, 0.1) is 5.82 Å². The summed E-state index contributed by atoms with van der Waals surface area (Å²) in [4.78, 5) is 12.0. The molecule has 0 spiro atoms. The molecule has 1 amide bonds. The summed E-state index contributed by atoms with van der Waals surface area (Å²) in [6.45, 7) is -0.200. The molecule has 12 heteroatoms. The maximum Gasteiger partial charge on any atom is 0.418 e. The van der Waals surface area contributed by atoms with E-state index in [0.717, 1.165) is 30.3 Å². The van der Waals surface area contributed by atoms with Crippen LogP contribution < -0.4 is 10.0 Å². The van der Waals surface area contributed by atoms with Crippen molar-refractivity contribution >= 4 is 33.2 Å². The summed E-state index contributed by atoms with van der Waals surface area (Å²) in [6, 6.07) is 8.06. The van der Waals surface area contributed by atoms with E-state index in [2.05, 4.69) is 4.72 Å². The van der Waals surface area contributed by atoms with Crippen molar-refractivity contribution in [3.05, 3.63) is 82.5 Å². The van der Waals surface area contributed by atoms with Gasteiger partial charge < -0.3 is 9.73 Å². The third kappa shape index (κ3) is 5.43. The first kappa shape index (κ1) is 22.8. The number of furan rings is 1. The van der Waals surface area contributed by atoms with E-state index in [4.69, 9.17) is 16.0 Å². The Kier molecular flexibility index (Phi) is 6.39. The summed E-state index contributed by atoms with van der Waals surface area (Å²) in [5, 5.41) is 1.73. The van der Waals surface area contributed by atoms with Crippen LogP contribution in [-0.2, 0) is 22.7 Å². The maximum absolute atomic E-state index is 14.2. The third-order valence-corrected chi connectivity index (χ3v) is 5.68. The van der Waals surface area contributed by atoms with Gasteiger partial charge in [0.15, 0.2) is 0 Å². The summed E-state index contributed by atoms with van der Waals surface area (Å²) in [6.07, 6.45) is -3.50. The number of nitrogens with one attached hydrogen (secondary N) is 2. The Balaban J connectivity index is 1.88. The molecule has 0 unspecified atom stereocenters. The molecule has 6 nitrogen and oxygen atoms in total. The maximum atomic E-state index is 14.2. The first-order chi connectivity index (χ1) is 14.5. The van der Waals surface area contributed by atoms with Gasteiger partial charge in [0.2, 0.25) is 10.0 Å². The molecule has 2 N–H and O–H groups in total. The number of hydrogen-bond acceptors (Lipinski definition) is 4. The van der Waals surface area contributed by atoms with Crippen molar-refractivity contribution < 1.29 is 35.2 Å². The minimum Gasteiger partial charge on any atom is -0.468 e. The minimum absolute atomic E-state index is 0.200. The monoisotopic (exact) mass is 476 g/mol. The lowest BCUT2D eigenvalue weighted by Gasteiger charge is -2.15. The van der Waals surface area contributed by atoms with Crippen molar-refractivity contribution in [1.82, 2.24) is 4.72 Å². The topological polar surface area (TPSA) is 88.4 Å². The zero-order valence-corrected chi connectivity index (χ0v) is 16.9. The van der Waals surface area contributed by atoms with Gasteiger partial charge in [-0.05, 0) is 48.5 Å². The molecule has 0 saturated carbocycles. The molecule has 0 saturated heterocycles.